The van der Waals surface area contributed by atoms with Crippen LogP contribution in [0, 0.1) is 5.92 Å². The highest BCUT2D eigenvalue weighted by atomic mass is 79.9. The predicted molar refractivity (Wildman–Crippen MR) is 103 cm³/mol. The van der Waals surface area contributed by atoms with Crippen LogP contribution in [0.5, 0.6) is 5.75 Å². The van der Waals surface area contributed by atoms with Gasteiger partial charge in [-0.2, -0.15) is 0 Å². The van der Waals surface area contributed by atoms with Crippen molar-refractivity contribution in [2.75, 3.05) is 19.6 Å². The molecule has 2 aromatic rings. The maximum atomic E-state index is 12.3. The maximum absolute atomic E-state index is 12.3. The van der Waals surface area contributed by atoms with Crippen molar-refractivity contribution in [3.05, 3.63) is 64.6 Å². The number of para-hydroxylation sites is 1. The highest BCUT2D eigenvalue weighted by Gasteiger charge is 2.24. The molecule has 1 aliphatic rings. The average Bonchev–Trinajstić information content (AvgIpc) is 2.67. The monoisotopic (exact) mass is 416 g/mol. The number of benzene rings is 2. The van der Waals surface area contributed by atoms with Crippen LogP contribution in [-0.2, 0) is 0 Å². The Balaban J connectivity index is 1.43. The van der Waals surface area contributed by atoms with E-state index in [1.807, 2.05) is 36.4 Å². The SMILES string of the molecule is O=C(NCC1CCN(C(=O)Oc2ccccc2)CC1)c1ccccc1Br. The summed E-state index contributed by atoms with van der Waals surface area (Å²) in [6.45, 7) is 1.89. The van der Waals surface area contributed by atoms with Crippen molar-refractivity contribution in [2.45, 2.75) is 12.8 Å². The largest absolute Gasteiger partial charge is 0.415 e. The van der Waals surface area contributed by atoms with Gasteiger partial charge in [-0.05, 0) is 59.0 Å². The lowest BCUT2D eigenvalue weighted by Gasteiger charge is -2.31. The third-order valence-corrected chi connectivity index (χ3v) is 5.18. The number of ether oxygens (including phenoxy) is 1. The van der Waals surface area contributed by atoms with Crippen LogP contribution in [0.25, 0.3) is 0 Å². The van der Waals surface area contributed by atoms with Crippen molar-refractivity contribution in [3.8, 4) is 5.75 Å². The summed E-state index contributed by atoms with van der Waals surface area (Å²) in [5.74, 6) is 0.839. The van der Waals surface area contributed by atoms with Crippen molar-refractivity contribution in [1.82, 2.24) is 10.2 Å². The molecule has 2 aromatic carbocycles. The first-order valence-corrected chi connectivity index (χ1v) is 9.47. The Morgan fingerprint density at radius 3 is 2.38 bits per heavy atom. The molecule has 26 heavy (non-hydrogen) atoms. The van der Waals surface area contributed by atoms with Crippen molar-refractivity contribution >= 4 is 27.9 Å². The molecule has 1 fully saturated rings. The Morgan fingerprint density at radius 1 is 1.04 bits per heavy atom. The number of amides is 2. The Labute approximate surface area is 161 Å². The molecule has 0 atom stereocenters. The fourth-order valence-electron chi connectivity index (χ4n) is 2.95. The molecule has 0 spiro atoms. The third kappa shape index (κ3) is 4.85. The van der Waals surface area contributed by atoms with Gasteiger partial charge in [-0.3, -0.25) is 4.79 Å². The van der Waals surface area contributed by atoms with Gasteiger partial charge in [0, 0.05) is 24.1 Å². The van der Waals surface area contributed by atoms with E-state index in [2.05, 4.69) is 21.2 Å². The summed E-state index contributed by atoms with van der Waals surface area (Å²) in [4.78, 5) is 26.2. The van der Waals surface area contributed by atoms with Gasteiger partial charge in [-0.15, -0.1) is 0 Å². The second-order valence-electron chi connectivity index (χ2n) is 6.30. The average molecular weight is 417 g/mol. The molecule has 136 valence electrons. The summed E-state index contributed by atoms with van der Waals surface area (Å²) in [6.07, 6.45) is 1.38. The summed E-state index contributed by atoms with van der Waals surface area (Å²) in [7, 11) is 0. The fraction of sp³-hybridized carbons (Fsp3) is 0.300. The molecule has 3 rings (SSSR count). The van der Waals surface area contributed by atoms with Gasteiger partial charge in [0.1, 0.15) is 5.75 Å². The van der Waals surface area contributed by atoms with Crippen molar-refractivity contribution in [3.63, 3.8) is 0 Å². The van der Waals surface area contributed by atoms with E-state index in [-0.39, 0.29) is 12.0 Å². The molecule has 1 heterocycles. The molecule has 5 nitrogen and oxygen atoms in total. The van der Waals surface area contributed by atoms with E-state index in [0.29, 0.717) is 36.9 Å². The second kappa shape index (κ2) is 8.85. The molecule has 6 heteroatoms. The van der Waals surface area contributed by atoms with Gasteiger partial charge in [0.15, 0.2) is 0 Å². The highest BCUT2D eigenvalue weighted by Crippen LogP contribution is 2.20. The van der Waals surface area contributed by atoms with E-state index in [1.165, 1.54) is 0 Å². The number of carbonyl (C=O) groups excluding carboxylic acids is 2. The first-order chi connectivity index (χ1) is 12.6. The minimum atomic E-state index is -0.313. The van der Waals surface area contributed by atoms with E-state index >= 15 is 0 Å². The van der Waals surface area contributed by atoms with Gasteiger partial charge in [0.25, 0.3) is 5.91 Å². The minimum absolute atomic E-state index is 0.0802. The highest BCUT2D eigenvalue weighted by molar-refractivity contribution is 9.10. The zero-order chi connectivity index (χ0) is 18.4. The Kier molecular flexibility index (Phi) is 6.28. The number of carbonyl (C=O) groups is 2. The summed E-state index contributed by atoms with van der Waals surface area (Å²) in [6, 6.07) is 16.5. The molecule has 0 aromatic heterocycles. The van der Waals surface area contributed by atoms with Gasteiger partial charge >= 0.3 is 6.09 Å². The number of rotatable bonds is 4. The Bertz CT molecular complexity index is 759. The molecule has 0 saturated carbocycles. The van der Waals surface area contributed by atoms with E-state index < -0.39 is 0 Å². The molecule has 0 bridgehead atoms. The zero-order valence-corrected chi connectivity index (χ0v) is 15.9. The lowest BCUT2D eigenvalue weighted by molar-refractivity contribution is 0.0930. The summed E-state index contributed by atoms with van der Waals surface area (Å²) < 4.78 is 6.16. The number of halogens is 1. The van der Waals surface area contributed by atoms with E-state index in [1.54, 1.807) is 23.1 Å². The minimum Gasteiger partial charge on any atom is -0.410 e. The van der Waals surface area contributed by atoms with Crippen LogP contribution in [0.15, 0.2) is 59.1 Å². The summed E-state index contributed by atoms with van der Waals surface area (Å²) >= 11 is 3.39. The molecule has 0 unspecified atom stereocenters. The molecule has 1 aliphatic heterocycles. The maximum Gasteiger partial charge on any atom is 0.415 e. The Morgan fingerprint density at radius 2 is 1.69 bits per heavy atom. The standard InChI is InChI=1S/C20H21BrN2O3/c21-18-9-5-4-8-17(18)19(24)22-14-15-10-12-23(13-11-15)20(25)26-16-6-2-1-3-7-16/h1-9,15H,10-14H2,(H,22,24). The first-order valence-electron chi connectivity index (χ1n) is 8.68. The van der Waals surface area contributed by atoms with E-state index in [0.717, 1.165) is 17.3 Å². The molecule has 1 N–H and O–H groups in total. The van der Waals surface area contributed by atoms with E-state index in [9.17, 15) is 9.59 Å². The predicted octanol–water partition coefficient (Wildman–Crippen LogP) is 4.09. The molecule has 0 radical (unpaired) electrons. The van der Waals surface area contributed by atoms with Crippen molar-refractivity contribution < 1.29 is 14.3 Å². The van der Waals surface area contributed by atoms with Crippen LogP contribution < -0.4 is 10.1 Å². The van der Waals surface area contributed by atoms with Gasteiger partial charge in [0.05, 0.1) is 5.56 Å². The molecular formula is C20H21BrN2O3. The summed E-state index contributed by atoms with van der Waals surface area (Å²) in [5, 5.41) is 2.99. The number of likely N-dealkylation sites (tertiary alicyclic amines) is 1. The number of nitrogens with zero attached hydrogens (tertiary/aromatic N) is 1. The lowest BCUT2D eigenvalue weighted by Crippen LogP contribution is -2.42. The van der Waals surface area contributed by atoms with Crippen LogP contribution in [0.1, 0.15) is 23.2 Å². The van der Waals surface area contributed by atoms with Crippen molar-refractivity contribution in [2.24, 2.45) is 5.92 Å². The van der Waals surface area contributed by atoms with Crippen LogP contribution in [0.2, 0.25) is 0 Å². The number of nitrogens with one attached hydrogen (secondary N) is 1. The van der Waals surface area contributed by atoms with Gasteiger partial charge < -0.3 is 15.0 Å². The quantitative estimate of drug-likeness (QED) is 0.816. The van der Waals surface area contributed by atoms with Gasteiger partial charge in [-0.1, -0.05) is 30.3 Å². The number of piperidine rings is 1. The zero-order valence-electron chi connectivity index (χ0n) is 14.4. The Hall–Kier alpha value is -2.34. The number of hydrogen-bond acceptors (Lipinski definition) is 3. The fourth-order valence-corrected chi connectivity index (χ4v) is 3.42. The third-order valence-electron chi connectivity index (χ3n) is 4.49. The van der Waals surface area contributed by atoms with Crippen LogP contribution in [-0.4, -0.2) is 36.5 Å². The first kappa shape index (κ1) is 18.5. The summed E-state index contributed by atoms with van der Waals surface area (Å²) in [5.41, 5.74) is 0.636. The van der Waals surface area contributed by atoms with Crippen molar-refractivity contribution in [1.29, 1.82) is 0 Å². The van der Waals surface area contributed by atoms with Crippen LogP contribution in [0.3, 0.4) is 0 Å². The van der Waals surface area contributed by atoms with Crippen LogP contribution >= 0.6 is 15.9 Å². The number of hydrogen-bond donors (Lipinski definition) is 1. The van der Waals surface area contributed by atoms with Gasteiger partial charge in [0.2, 0.25) is 0 Å². The molecular weight excluding hydrogens is 396 g/mol. The van der Waals surface area contributed by atoms with E-state index in [4.69, 9.17) is 4.74 Å². The van der Waals surface area contributed by atoms with Gasteiger partial charge in [-0.25, -0.2) is 4.79 Å². The topological polar surface area (TPSA) is 58.6 Å². The van der Waals surface area contributed by atoms with Crippen LogP contribution in [0.4, 0.5) is 4.79 Å². The smallest absolute Gasteiger partial charge is 0.410 e. The second-order valence-corrected chi connectivity index (χ2v) is 7.16. The molecule has 2 amide bonds. The molecule has 0 aliphatic carbocycles. The normalized spacial score (nSPS) is 14.7. The molecule has 1 saturated heterocycles. The lowest BCUT2D eigenvalue weighted by atomic mass is 9.97.